The fourth-order valence-electron chi connectivity index (χ4n) is 3.28. The number of halogens is 3. The fourth-order valence-corrected chi connectivity index (χ4v) is 4.38. The summed E-state index contributed by atoms with van der Waals surface area (Å²) in [6.07, 6.45) is -2.82. The Labute approximate surface area is 179 Å². The summed E-state index contributed by atoms with van der Waals surface area (Å²) in [5.74, 6) is -0.0548. The molecule has 1 fully saturated rings. The van der Waals surface area contributed by atoms with Crippen LogP contribution in [0.25, 0.3) is 11.1 Å². The van der Waals surface area contributed by atoms with Crippen molar-refractivity contribution < 1.29 is 31.6 Å². The first-order valence-electron chi connectivity index (χ1n) is 9.86. The molecule has 2 aromatic rings. The highest BCUT2D eigenvalue weighted by Gasteiger charge is 2.31. The van der Waals surface area contributed by atoms with Gasteiger partial charge in [0, 0.05) is 18.3 Å². The first-order chi connectivity index (χ1) is 14.8. The van der Waals surface area contributed by atoms with Gasteiger partial charge in [-0.15, -0.1) is 13.2 Å². The van der Waals surface area contributed by atoms with Gasteiger partial charge in [0.25, 0.3) is 5.91 Å². The Morgan fingerprint density at radius 3 is 2.52 bits per heavy atom. The number of carbonyl (C=O) groups is 1. The molecule has 1 aliphatic carbocycles. The molecule has 0 saturated heterocycles. The molecule has 2 aliphatic rings. The first kappa shape index (κ1) is 21.6. The van der Waals surface area contributed by atoms with Crippen LogP contribution in [-0.2, 0) is 11.0 Å². The number of hydrogen-bond acceptors (Lipinski definition) is 4. The van der Waals surface area contributed by atoms with Gasteiger partial charge in [-0.05, 0) is 48.2 Å². The lowest BCUT2D eigenvalue weighted by molar-refractivity contribution is -0.274. The van der Waals surface area contributed by atoms with Crippen LogP contribution in [0.15, 0.2) is 42.5 Å². The zero-order chi connectivity index (χ0) is 22.0. The molecule has 1 aliphatic heterocycles. The smallest absolute Gasteiger partial charge is 0.491 e. The van der Waals surface area contributed by atoms with Crippen LogP contribution in [0.3, 0.4) is 0 Å². The molecule has 1 unspecified atom stereocenters. The Balaban J connectivity index is 1.47. The highest BCUT2D eigenvalue weighted by Crippen LogP contribution is 2.31. The van der Waals surface area contributed by atoms with E-state index in [1.54, 1.807) is 23.1 Å². The summed E-state index contributed by atoms with van der Waals surface area (Å²) < 4.78 is 61.5. The number of hydrogen-bond donors (Lipinski definition) is 1. The molecule has 0 spiro atoms. The van der Waals surface area contributed by atoms with Gasteiger partial charge in [-0.25, -0.2) is 8.93 Å². The van der Waals surface area contributed by atoms with Crippen LogP contribution >= 0.6 is 0 Å². The van der Waals surface area contributed by atoms with Crippen molar-refractivity contribution in [2.24, 2.45) is 0 Å². The Hall–Kier alpha value is -2.59. The van der Waals surface area contributed by atoms with Crippen molar-refractivity contribution in [2.75, 3.05) is 26.2 Å². The Kier molecular flexibility index (Phi) is 6.19. The molecule has 1 amide bonds. The minimum absolute atomic E-state index is 0.203. The SMILES string of the molecule is O=C1c2cc(-c3ccc(OC(F)(F)F)cc3)ccc2OCCN1CCNS(=O)C1CC1. The second-order valence-corrected chi connectivity index (χ2v) is 8.87. The minimum atomic E-state index is -4.75. The lowest BCUT2D eigenvalue weighted by Gasteiger charge is -2.20. The second kappa shape index (κ2) is 8.88. The third-order valence-corrected chi connectivity index (χ3v) is 6.56. The van der Waals surface area contributed by atoms with Gasteiger partial charge in [-0.1, -0.05) is 18.2 Å². The van der Waals surface area contributed by atoms with Gasteiger partial charge in [0.1, 0.15) is 18.1 Å². The van der Waals surface area contributed by atoms with Crippen LogP contribution in [0.5, 0.6) is 11.5 Å². The summed E-state index contributed by atoms with van der Waals surface area (Å²) in [5.41, 5.74) is 1.69. The molecule has 2 aromatic carbocycles. The van der Waals surface area contributed by atoms with Gasteiger partial charge in [-0.3, -0.25) is 4.79 Å². The average molecular weight is 454 g/mol. The van der Waals surface area contributed by atoms with Gasteiger partial charge < -0.3 is 14.4 Å². The van der Waals surface area contributed by atoms with Crippen molar-refractivity contribution in [1.82, 2.24) is 9.62 Å². The molecular weight excluding hydrogens is 433 g/mol. The molecular formula is C21H21F3N2O4S. The molecule has 6 nitrogen and oxygen atoms in total. The lowest BCUT2D eigenvalue weighted by Crippen LogP contribution is -2.38. The van der Waals surface area contributed by atoms with Crippen LogP contribution in [0.1, 0.15) is 23.2 Å². The number of nitrogens with one attached hydrogen (secondary N) is 1. The molecule has 1 saturated carbocycles. The molecule has 31 heavy (non-hydrogen) atoms. The maximum Gasteiger partial charge on any atom is 0.573 e. The van der Waals surface area contributed by atoms with Gasteiger partial charge >= 0.3 is 6.36 Å². The average Bonchev–Trinajstić information content (AvgIpc) is 3.57. The number of nitrogens with zero attached hydrogens (tertiary/aromatic N) is 1. The molecule has 4 rings (SSSR count). The van der Waals surface area contributed by atoms with E-state index < -0.39 is 17.3 Å². The topological polar surface area (TPSA) is 67.9 Å². The van der Waals surface area contributed by atoms with E-state index in [0.29, 0.717) is 48.7 Å². The van der Waals surface area contributed by atoms with E-state index in [1.165, 1.54) is 24.3 Å². The summed E-state index contributed by atoms with van der Waals surface area (Å²) in [5, 5.41) is 0.222. The standard InChI is InChI=1S/C21H21F3N2O4S/c22-21(23,24)30-16-4-1-14(2-5-16)15-3-8-19-18(13-15)20(27)26(11-12-29-19)10-9-25-31(28)17-6-7-17/h1-5,8,13,17,25H,6-7,9-12H2. The minimum Gasteiger partial charge on any atom is -0.491 e. The van der Waals surface area contributed by atoms with Crippen molar-refractivity contribution in [3.63, 3.8) is 0 Å². The zero-order valence-corrected chi connectivity index (χ0v) is 17.3. The van der Waals surface area contributed by atoms with E-state index in [0.717, 1.165) is 12.8 Å². The monoisotopic (exact) mass is 454 g/mol. The van der Waals surface area contributed by atoms with Crippen molar-refractivity contribution in [3.8, 4) is 22.6 Å². The highest BCUT2D eigenvalue weighted by atomic mass is 32.2. The maximum atomic E-state index is 13.1. The van der Waals surface area contributed by atoms with E-state index in [-0.39, 0.29) is 16.9 Å². The largest absolute Gasteiger partial charge is 0.573 e. The Morgan fingerprint density at radius 2 is 1.84 bits per heavy atom. The number of fused-ring (bicyclic) bond motifs is 1. The normalized spacial score (nSPS) is 17.5. The van der Waals surface area contributed by atoms with Crippen molar-refractivity contribution in [2.45, 2.75) is 24.5 Å². The van der Waals surface area contributed by atoms with Crippen molar-refractivity contribution >= 4 is 16.9 Å². The molecule has 166 valence electrons. The van der Waals surface area contributed by atoms with Crippen LogP contribution < -0.4 is 14.2 Å². The van der Waals surface area contributed by atoms with Crippen LogP contribution in [0.4, 0.5) is 13.2 Å². The quantitative estimate of drug-likeness (QED) is 0.696. The summed E-state index contributed by atoms with van der Waals surface area (Å²) in [4.78, 5) is 14.7. The van der Waals surface area contributed by atoms with Gasteiger partial charge in [-0.2, -0.15) is 0 Å². The number of ether oxygens (including phenoxy) is 2. The summed E-state index contributed by atoms with van der Waals surface area (Å²) in [6.45, 7) is 1.57. The molecule has 1 N–H and O–H groups in total. The Bertz CT molecular complexity index is 978. The summed E-state index contributed by atoms with van der Waals surface area (Å²) in [7, 11) is -1.06. The fraction of sp³-hybridized carbons (Fsp3) is 0.381. The highest BCUT2D eigenvalue weighted by molar-refractivity contribution is 7.84. The van der Waals surface area contributed by atoms with Gasteiger partial charge in [0.05, 0.1) is 23.1 Å². The molecule has 0 bridgehead atoms. The van der Waals surface area contributed by atoms with E-state index in [9.17, 15) is 22.2 Å². The molecule has 1 heterocycles. The van der Waals surface area contributed by atoms with E-state index in [1.807, 2.05) is 0 Å². The Morgan fingerprint density at radius 1 is 1.13 bits per heavy atom. The third kappa shape index (κ3) is 5.56. The van der Waals surface area contributed by atoms with Gasteiger partial charge in [0.15, 0.2) is 0 Å². The first-order valence-corrected chi connectivity index (χ1v) is 11.1. The zero-order valence-electron chi connectivity index (χ0n) is 16.5. The predicted molar refractivity (Wildman–Crippen MR) is 109 cm³/mol. The van der Waals surface area contributed by atoms with Crippen LogP contribution in [0, 0.1) is 0 Å². The van der Waals surface area contributed by atoms with Crippen molar-refractivity contribution in [1.29, 1.82) is 0 Å². The number of benzene rings is 2. The van der Waals surface area contributed by atoms with Gasteiger partial charge in [0.2, 0.25) is 0 Å². The van der Waals surface area contributed by atoms with E-state index in [2.05, 4.69) is 9.46 Å². The van der Waals surface area contributed by atoms with E-state index >= 15 is 0 Å². The summed E-state index contributed by atoms with van der Waals surface area (Å²) >= 11 is 0. The van der Waals surface area contributed by atoms with Crippen LogP contribution in [0.2, 0.25) is 0 Å². The second-order valence-electron chi connectivity index (χ2n) is 7.31. The molecule has 0 radical (unpaired) electrons. The van der Waals surface area contributed by atoms with E-state index in [4.69, 9.17) is 4.74 Å². The molecule has 0 aromatic heterocycles. The van der Waals surface area contributed by atoms with Crippen molar-refractivity contribution in [3.05, 3.63) is 48.0 Å². The van der Waals surface area contributed by atoms with Crippen LogP contribution in [-0.4, -0.2) is 52.9 Å². The number of carbonyl (C=O) groups excluding carboxylic acids is 1. The molecule has 10 heteroatoms. The maximum absolute atomic E-state index is 13.1. The number of amides is 1. The number of alkyl halides is 3. The predicted octanol–water partition coefficient (Wildman–Crippen LogP) is 3.50. The third-order valence-electron chi connectivity index (χ3n) is 4.99. The summed E-state index contributed by atoms with van der Waals surface area (Å²) in [6, 6.07) is 10.6. The lowest BCUT2D eigenvalue weighted by atomic mass is 10.0. The molecule has 1 atom stereocenters. The number of rotatable bonds is 7.